The Kier molecular flexibility index (Phi) is 7.94. The van der Waals surface area contributed by atoms with Gasteiger partial charge < -0.3 is 15.2 Å². The van der Waals surface area contributed by atoms with E-state index in [1.165, 1.54) is 0 Å². The molecule has 0 aromatic heterocycles. The van der Waals surface area contributed by atoms with Crippen molar-refractivity contribution in [2.45, 2.75) is 39.0 Å². The topological polar surface area (TPSA) is 78.6 Å². The summed E-state index contributed by atoms with van der Waals surface area (Å²) in [5.41, 5.74) is 7.14. The van der Waals surface area contributed by atoms with E-state index in [9.17, 15) is 9.59 Å². The lowest BCUT2D eigenvalue weighted by molar-refractivity contribution is -0.144. The summed E-state index contributed by atoms with van der Waals surface area (Å²) in [6.07, 6.45) is 3.03. The molecule has 2 N–H and O–H groups in total. The second-order valence-corrected chi connectivity index (χ2v) is 4.75. The summed E-state index contributed by atoms with van der Waals surface area (Å²) in [5.74, 6) is -0.414. The molecule has 0 aliphatic rings. The first kappa shape index (κ1) is 17.0. The van der Waals surface area contributed by atoms with Gasteiger partial charge in [-0.3, -0.25) is 9.59 Å². The number of nitrogen functional groups attached to an aromatic ring is 1. The maximum Gasteiger partial charge on any atom is 0.310 e. The molecule has 0 saturated heterocycles. The average Bonchev–Trinajstić information content (AvgIpc) is 2.45. The van der Waals surface area contributed by atoms with Crippen molar-refractivity contribution in [3.8, 4) is 0 Å². The van der Waals surface area contributed by atoms with Gasteiger partial charge in [0.25, 0.3) is 0 Å². The molecule has 1 aromatic rings. The van der Waals surface area contributed by atoms with Gasteiger partial charge in [-0.25, -0.2) is 0 Å². The summed E-state index contributed by atoms with van der Waals surface area (Å²) in [7, 11) is 0. The predicted octanol–water partition coefficient (Wildman–Crippen LogP) is 2.48. The fraction of sp³-hybridized carbons (Fsp3) is 0.500. The van der Waals surface area contributed by atoms with E-state index in [0.717, 1.165) is 24.8 Å². The molecule has 1 aromatic carbocycles. The number of hydrogen-bond acceptors (Lipinski definition) is 5. The second-order valence-electron chi connectivity index (χ2n) is 4.75. The SMILES string of the molecule is CCOC(=O)CCCCCOC(=O)Cc1ccc(N)cc1. The minimum Gasteiger partial charge on any atom is -0.466 e. The van der Waals surface area contributed by atoms with Crippen molar-refractivity contribution in [1.29, 1.82) is 0 Å². The molecule has 0 saturated carbocycles. The van der Waals surface area contributed by atoms with Crippen molar-refractivity contribution in [3.63, 3.8) is 0 Å². The number of nitrogens with two attached hydrogens (primary N) is 1. The normalized spacial score (nSPS) is 10.1. The van der Waals surface area contributed by atoms with Crippen LogP contribution in [0.4, 0.5) is 5.69 Å². The third kappa shape index (κ3) is 7.97. The smallest absolute Gasteiger partial charge is 0.310 e. The number of carbonyl (C=O) groups excluding carboxylic acids is 2. The van der Waals surface area contributed by atoms with Crippen LogP contribution in [0.3, 0.4) is 0 Å². The molecule has 0 amide bonds. The summed E-state index contributed by atoms with van der Waals surface area (Å²) >= 11 is 0. The number of anilines is 1. The third-order valence-electron chi connectivity index (χ3n) is 2.92. The van der Waals surface area contributed by atoms with Crippen LogP contribution in [0.25, 0.3) is 0 Å². The Morgan fingerprint density at radius 2 is 1.71 bits per heavy atom. The van der Waals surface area contributed by atoms with E-state index in [4.69, 9.17) is 15.2 Å². The molecular formula is C16H23NO4. The Hall–Kier alpha value is -2.04. The summed E-state index contributed by atoms with van der Waals surface area (Å²) in [6.45, 7) is 2.59. The van der Waals surface area contributed by atoms with Crippen LogP contribution in [0.2, 0.25) is 0 Å². The van der Waals surface area contributed by atoms with Gasteiger partial charge in [0.1, 0.15) is 0 Å². The van der Waals surface area contributed by atoms with Crippen molar-refractivity contribution < 1.29 is 19.1 Å². The predicted molar refractivity (Wildman–Crippen MR) is 80.6 cm³/mol. The minimum atomic E-state index is -0.245. The average molecular weight is 293 g/mol. The van der Waals surface area contributed by atoms with Crippen LogP contribution >= 0.6 is 0 Å². The van der Waals surface area contributed by atoms with Crippen LogP contribution in [-0.2, 0) is 25.5 Å². The maximum absolute atomic E-state index is 11.6. The van der Waals surface area contributed by atoms with Gasteiger partial charge in [-0.05, 0) is 43.9 Å². The van der Waals surface area contributed by atoms with E-state index in [2.05, 4.69) is 0 Å². The molecule has 0 spiro atoms. The van der Waals surface area contributed by atoms with E-state index in [1.54, 1.807) is 19.1 Å². The van der Waals surface area contributed by atoms with Crippen molar-refractivity contribution in [1.82, 2.24) is 0 Å². The van der Waals surface area contributed by atoms with Crippen molar-refractivity contribution in [2.75, 3.05) is 18.9 Å². The quantitative estimate of drug-likeness (QED) is 0.430. The van der Waals surface area contributed by atoms with Gasteiger partial charge in [0, 0.05) is 12.1 Å². The van der Waals surface area contributed by atoms with Gasteiger partial charge in [0.2, 0.25) is 0 Å². The van der Waals surface area contributed by atoms with Crippen LogP contribution in [0.15, 0.2) is 24.3 Å². The molecule has 21 heavy (non-hydrogen) atoms. The first-order chi connectivity index (χ1) is 10.1. The van der Waals surface area contributed by atoms with Gasteiger partial charge in [-0.15, -0.1) is 0 Å². The van der Waals surface area contributed by atoms with Gasteiger partial charge in [-0.1, -0.05) is 12.1 Å². The third-order valence-corrected chi connectivity index (χ3v) is 2.92. The minimum absolute atomic E-state index is 0.169. The van der Waals surface area contributed by atoms with Crippen molar-refractivity contribution >= 4 is 17.6 Å². The van der Waals surface area contributed by atoms with Crippen LogP contribution in [0.5, 0.6) is 0 Å². The summed E-state index contributed by atoms with van der Waals surface area (Å²) in [4.78, 5) is 22.7. The van der Waals surface area contributed by atoms with E-state index in [-0.39, 0.29) is 18.4 Å². The monoisotopic (exact) mass is 293 g/mol. The van der Waals surface area contributed by atoms with Crippen LogP contribution in [0, 0.1) is 0 Å². The molecule has 0 atom stereocenters. The zero-order valence-corrected chi connectivity index (χ0v) is 12.5. The molecular weight excluding hydrogens is 270 g/mol. The van der Waals surface area contributed by atoms with E-state index < -0.39 is 0 Å². The van der Waals surface area contributed by atoms with E-state index >= 15 is 0 Å². The van der Waals surface area contributed by atoms with Crippen LogP contribution in [0.1, 0.15) is 38.2 Å². The molecule has 0 aliphatic heterocycles. The molecule has 0 aliphatic carbocycles. The zero-order chi connectivity index (χ0) is 15.5. The lowest BCUT2D eigenvalue weighted by Crippen LogP contribution is -2.09. The largest absolute Gasteiger partial charge is 0.466 e. The standard InChI is InChI=1S/C16H23NO4/c1-2-20-15(18)6-4-3-5-11-21-16(19)12-13-7-9-14(17)10-8-13/h7-10H,2-6,11-12,17H2,1H3. The summed E-state index contributed by atoms with van der Waals surface area (Å²) in [6, 6.07) is 7.15. The molecule has 0 bridgehead atoms. The molecule has 0 unspecified atom stereocenters. The number of benzene rings is 1. The Morgan fingerprint density at radius 1 is 1.00 bits per heavy atom. The zero-order valence-electron chi connectivity index (χ0n) is 12.5. The molecule has 116 valence electrons. The molecule has 5 nitrogen and oxygen atoms in total. The highest BCUT2D eigenvalue weighted by Crippen LogP contribution is 2.07. The number of unbranched alkanes of at least 4 members (excludes halogenated alkanes) is 2. The Labute approximate surface area is 125 Å². The number of esters is 2. The molecule has 5 heteroatoms. The van der Waals surface area contributed by atoms with Gasteiger partial charge in [0.05, 0.1) is 19.6 Å². The second kappa shape index (κ2) is 9.80. The molecule has 0 fully saturated rings. The first-order valence-electron chi connectivity index (χ1n) is 7.27. The van der Waals surface area contributed by atoms with Crippen molar-refractivity contribution in [2.24, 2.45) is 0 Å². The van der Waals surface area contributed by atoms with E-state index in [1.807, 2.05) is 12.1 Å². The van der Waals surface area contributed by atoms with Crippen LogP contribution < -0.4 is 5.73 Å². The summed E-state index contributed by atoms with van der Waals surface area (Å²) in [5, 5.41) is 0. The summed E-state index contributed by atoms with van der Waals surface area (Å²) < 4.78 is 9.97. The fourth-order valence-corrected chi connectivity index (χ4v) is 1.82. The number of carbonyl (C=O) groups is 2. The Balaban J connectivity index is 2.06. The van der Waals surface area contributed by atoms with Gasteiger partial charge in [-0.2, -0.15) is 0 Å². The maximum atomic E-state index is 11.6. The van der Waals surface area contributed by atoms with Crippen molar-refractivity contribution in [3.05, 3.63) is 29.8 Å². The van der Waals surface area contributed by atoms with Crippen LogP contribution in [-0.4, -0.2) is 25.2 Å². The van der Waals surface area contributed by atoms with Gasteiger partial charge in [0.15, 0.2) is 0 Å². The van der Waals surface area contributed by atoms with Gasteiger partial charge >= 0.3 is 11.9 Å². The highest BCUT2D eigenvalue weighted by atomic mass is 16.5. The van der Waals surface area contributed by atoms with E-state index in [0.29, 0.717) is 25.3 Å². The molecule has 0 heterocycles. The Bertz CT molecular complexity index is 442. The first-order valence-corrected chi connectivity index (χ1v) is 7.27. The lowest BCUT2D eigenvalue weighted by atomic mass is 10.1. The lowest BCUT2D eigenvalue weighted by Gasteiger charge is -2.05. The highest BCUT2D eigenvalue weighted by molar-refractivity contribution is 5.72. The molecule has 0 radical (unpaired) electrons. The molecule has 1 rings (SSSR count). The number of rotatable bonds is 9. The Morgan fingerprint density at radius 3 is 2.38 bits per heavy atom. The number of ether oxygens (including phenoxy) is 2. The highest BCUT2D eigenvalue weighted by Gasteiger charge is 2.05. The number of hydrogen-bond donors (Lipinski definition) is 1. The fourth-order valence-electron chi connectivity index (χ4n) is 1.82.